The number of hydrogen-bond acceptors (Lipinski definition) is 5. The summed E-state index contributed by atoms with van der Waals surface area (Å²) in [5, 5.41) is 1.33. The SMILES string of the molecule is O=C1C(=Cc2ccc(SCc3ccc(Cl)cc3)o2)SC(=S)N1c1cccc(C(F)(F)F)c1. The van der Waals surface area contributed by atoms with Gasteiger partial charge in [0.15, 0.2) is 9.41 Å². The number of alkyl halides is 3. The molecule has 2 heterocycles. The molecule has 0 radical (unpaired) electrons. The largest absolute Gasteiger partial charge is 0.450 e. The molecule has 1 saturated heterocycles. The van der Waals surface area contributed by atoms with Gasteiger partial charge in [0.05, 0.1) is 16.2 Å². The second-order valence-corrected chi connectivity index (χ2v) is 9.73. The fourth-order valence-electron chi connectivity index (χ4n) is 2.87. The fourth-order valence-corrected chi connectivity index (χ4v) is 5.09. The number of carbonyl (C=O) groups is 1. The van der Waals surface area contributed by atoms with Crippen molar-refractivity contribution in [2.24, 2.45) is 0 Å². The van der Waals surface area contributed by atoms with E-state index >= 15 is 0 Å². The molecule has 2 aromatic carbocycles. The lowest BCUT2D eigenvalue weighted by atomic mass is 10.2. The highest BCUT2D eigenvalue weighted by atomic mass is 35.5. The van der Waals surface area contributed by atoms with Crippen LogP contribution in [-0.4, -0.2) is 10.2 Å². The van der Waals surface area contributed by atoms with E-state index in [4.69, 9.17) is 28.2 Å². The highest BCUT2D eigenvalue weighted by molar-refractivity contribution is 8.27. The zero-order chi connectivity index (χ0) is 22.9. The summed E-state index contributed by atoms with van der Waals surface area (Å²) in [4.78, 5) is 14.2. The van der Waals surface area contributed by atoms with E-state index in [1.54, 1.807) is 18.2 Å². The minimum absolute atomic E-state index is 0.0735. The molecule has 3 nitrogen and oxygen atoms in total. The molecule has 32 heavy (non-hydrogen) atoms. The zero-order valence-electron chi connectivity index (χ0n) is 16.1. The predicted octanol–water partition coefficient (Wildman–Crippen LogP) is 7.65. The van der Waals surface area contributed by atoms with Crippen LogP contribution >= 0.6 is 47.3 Å². The highest BCUT2D eigenvalue weighted by Crippen LogP contribution is 2.39. The summed E-state index contributed by atoms with van der Waals surface area (Å²) >= 11 is 13.6. The standard InChI is InChI=1S/C22H13ClF3NO2S3/c23-15-6-4-13(5-7-15)12-31-19-9-8-17(29-19)11-18-20(28)27(21(30)32-18)16-3-1-2-14(10-16)22(24,25)26/h1-11H,12H2. The first-order chi connectivity index (χ1) is 15.2. The maximum absolute atomic E-state index is 13.0. The average molecular weight is 512 g/mol. The van der Waals surface area contributed by atoms with Crippen molar-refractivity contribution in [2.75, 3.05) is 4.90 Å². The van der Waals surface area contributed by atoms with Gasteiger partial charge in [-0.15, -0.1) is 0 Å². The number of hydrogen-bond donors (Lipinski definition) is 0. The molecule has 0 unspecified atom stereocenters. The van der Waals surface area contributed by atoms with Crippen LogP contribution < -0.4 is 4.90 Å². The maximum Gasteiger partial charge on any atom is 0.416 e. The number of furan rings is 1. The molecule has 0 aliphatic carbocycles. The van der Waals surface area contributed by atoms with Gasteiger partial charge in [0.1, 0.15) is 5.76 Å². The summed E-state index contributed by atoms with van der Waals surface area (Å²) < 4.78 is 45.0. The summed E-state index contributed by atoms with van der Waals surface area (Å²) in [7, 11) is 0. The van der Waals surface area contributed by atoms with Gasteiger partial charge < -0.3 is 4.42 Å². The molecule has 1 fully saturated rings. The Hall–Kier alpha value is -2.20. The van der Waals surface area contributed by atoms with Gasteiger partial charge >= 0.3 is 6.18 Å². The minimum atomic E-state index is -4.51. The first-order valence-corrected chi connectivity index (χ1v) is 11.7. The Labute approximate surface area is 200 Å². The minimum Gasteiger partial charge on any atom is -0.450 e. The number of nitrogens with zero attached hydrogens (tertiary/aromatic N) is 1. The van der Waals surface area contributed by atoms with Crippen LogP contribution in [0, 0.1) is 0 Å². The molecular weight excluding hydrogens is 499 g/mol. The van der Waals surface area contributed by atoms with E-state index < -0.39 is 17.6 Å². The first kappa shape index (κ1) is 23.0. The first-order valence-electron chi connectivity index (χ1n) is 9.13. The third kappa shape index (κ3) is 5.23. The Kier molecular flexibility index (Phi) is 6.71. The van der Waals surface area contributed by atoms with Gasteiger partial charge in [0.2, 0.25) is 0 Å². The molecular formula is C22H13ClF3NO2S3. The van der Waals surface area contributed by atoms with Gasteiger partial charge in [-0.05, 0) is 48.0 Å². The Balaban J connectivity index is 1.48. The number of thiocarbonyl (C=S) groups is 1. The van der Waals surface area contributed by atoms with Gasteiger partial charge in [-0.2, -0.15) is 13.2 Å². The molecule has 0 saturated carbocycles. The molecule has 1 amide bonds. The van der Waals surface area contributed by atoms with E-state index in [2.05, 4.69) is 0 Å². The lowest BCUT2D eigenvalue weighted by Crippen LogP contribution is -2.27. The number of amides is 1. The van der Waals surface area contributed by atoms with Crippen molar-refractivity contribution in [3.63, 3.8) is 0 Å². The van der Waals surface area contributed by atoms with Crippen LogP contribution in [0.5, 0.6) is 0 Å². The predicted molar refractivity (Wildman–Crippen MR) is 127 cm³/mol. The topological polar surface area (TPSA) is 33.5 Å². The van der Waals surface area contributed by atoms with E-state index in [-0.39, 0.29) is 14.9 Å². The molecule has 0 bridgehead atoms. The van der Waals surface area contributed by atoms with Gasteiger partial charge in [-0.1, -0.05) is 65.5 Å². The molecule has 164 valence electrons. The van der Waals surface area contributed by atoms with Crippen LogP contribution in [0.25, 0.3) is 6.08 Å². The molecule has 1 aliphatic heterocycles. The van der Waals surface area contributed by atoms with Crippen LogP contribution in [0.15, 0.2) is 75.1 Å². The molecule has 0 atom stereocenters. The Morgan fingerprint density at radius 2 is 1.88 bits per heavy atom. The van der Waals surface area contributed by atoms with E-state index in [1.807, 2.05) is 24.3 Å². The molecule has 10 heteroatoms. The third-order valence-electron chi connectivity index (χ3n) is 4.40. The second kappa shape index (κ2) is 9.35. The molecule has 3 aromatic rings. The summed E-state index contributed by atoms with van der Waals surface area (Å²) in [6.07, 6.45) is -2.97. The van der Waals surface area contributed by atoms with Crippen molar-refractivity contribution in [1.82, 2.24) is 0 Å². The summed E-state index contributed by atoms with van der Waals surface area (Å²) in [5.74, 6) is 0.640. The van der Waals surface area contributed by atoms with E-state index in [9.17, 15) is 18.0 Å². The van der Waals surface area contributed by atoms with Crippen molar-refractivity contribution in [3.05, 3.63) is 87.5 Å². The van der Waals surface area contributed by atoms with Gasteiger partial charge in [-0.25, -0.2) is 0 Å². The quantitative estimate of drug-likeness (QED) is 0.199. The highest BCUT2D eigenvalue weighted by Gasteiger charge is 2.36. The Morgan fingerprint density at radius 3 is 2.59 bits per heavy atom. The lowest BCUT2D eigenvalue weighted by Gasteiger charge is -2.16. The van der Waals surface area contributed by atoms with Crippen LogP contribution in [0.2, 0.25) is 5.02 Å². The van der Waals surface area contributed by atoms with Crippen molar-refractivity contribution >= 4 is 69.3 Å². The molecule has 0 N–H and O–H groups in total. The van der Waals surface area contributed by atoms with Crippen LogP contribution in [-0.2, 0) is 16.7 Å². The van der Waals surface area contributed by atoms with Crippen molar-refractivity contribution < 1.29 is 22.4 Å². The molecule has 1 aromatic heterocycles. The maximum atomic E-state index is 13.0. The average Bonchev–Trinajstić information content (AvgIpc) is 3.31. The van der Waals surface area contributed by atoms with E-state index in [0.29, 0.717) is 21.6 Å². The number of carbonyl (C=O) groups excluding carboxylic acids is 1. The Morgan fingerprint density at radius 1 is 1.12 bits per heavy atom. The summed E-state index contributed by atoms with van der Waals surface area (Å²) in [5.41, 5.74) is 0.310. The van der Waals surface area contributed by atoms with Gasteiger partial charge in [-0.3, -0.25) is 9.69 Å². The Bertz CT molecular complexity index is 1210. The van der Waals surface area contributed by atoms with Crippen LogP contribution in [0.3, 0.4) is 0 Å². The van der Waals surface area contributed by atoms with Crippen molar-refractivity contribution in [3.8, 4) is 0 Å². The normalized spacial score (nSPS) is 15.8. The number of benzene rings is 2. The summed E-state index contributed by atoms with van der Waals surface area (Å²) in [6.45, 7) is 0. The second-order valence-electron chi connectivity index (χ2n) is 6.64. The molecule has 4 rings (SSSR count). The molecule has 0 spiro atoms. The van der Waals surface area contributed by atoms with Crippen LogP contribution in [0.1, 0.15) is 16.9 Å². The van der Waals surface area contributed by atoms with E-state index in [0.717, 1.165) is 34.4 Å². The number of rotatable bonds is 5. The van der Waals surface area contributed by atoms with Crippen molar-refractivity contribution in [2.45, 2.75) is 17.0 Å². The monoisotopic (exact) mass is 511 g/mol. The number of thioether (sulfide) groups is 2. The lowest BCUT2D eigenvalue weighted by molar-refractivity contribution is -0.137. The fraction of sp³-hybridized carbons (Fsp3) is 0.0909. The van der Waals surface area contributed by atoms with Gasteiger partial charge in [0.25, 0.3) is 5.91 Å². The smallest absolute Gasteiger partial charge is 0.416 e. The van der Waals surface area contributed by atoms with E-state index in [1.165, 1.54) is 23.9 Å². The van der Waals surface area contributed by atoms with Crippen LogP contribution in [0.4, 0.5) is 18.9 Å². The summed E-state index contributed by atoms with van der Waals surface area (Å²) in [6, 6.07) is 15.5. The molecule has 1 aliphatic rings. The zero-order valence-corrected chi connectivity index (χ0v) is 19.3. The third-order valence-corrected chi connectivity index (χ3v) is 6.93. The van der Waals surface area contributed by atoms with Crippen molar-refractivity contribution in [1.29, 1.82) is 0 Å². The number of halogens is 4. The number of anilines is 1. The van der Waals surface area contributed by atoms with Gasteiger partial charge in [0, 0.05) is 16.9 Å².